The number of anilines is 2. The van der Waals surface area contributed by atoms with Crippen molar-refractivity contribution in [1.82, 2.24) is 0 Å². The van der Waals surface area contributed by atoms with Gasteiger partial charge in [-0.2, -0.15) is 0 Å². The standard InChI is InChI=1S/C20H23FN2O3S/c1-20(2,3)17(24)14-6-11-27-19(14)22-18(25)13-4-5-16(15(21)12-13)23-7-9-26-10-8-23/h4-6,11-12H,7-10H2,1-3H3,(H,22,25). The second-order valence-corrected chi connectivity index (χ2v) is 8.38. The molecule has 0 atom stereocenters. The van der Waals surface area contributed by atoms with Crippen molar-refractivity contribution in [3.63, 3.8) is 0 Å². The maximum absolute atomic E-state index is 14.5. The minimum Gasteiger partial charge on any atom is -0.378 e. The number of morpholine rings is 1. The Balaban J connectivity index is 1.77. The molecule has 1 saturated heterocycles. The second kappa shape index (κ2) is 7.78. The molecular formula is C20H23FN2O3S. The van der Waals surface area contributed by atoms with Crippen molar-refractivity contribution >= 4 is 33.7 Å². The van der Waals surface area contributed by atoms with E-state index in [0.717, 1.165) is 0 Å². The third kappa shape index (κ3) is 4.36. The van der Waals surface area contributed by atoms with Crippen LogP contribution in [0.3, 0.4) is 0 Å². The Morgan fingerprint density at radius 2 is 1.89 bits per heavy atom. The molecule has 144 valence electrons. The molecule has 1 amide bonds. The van der Waals surface area contributed by atoms with Gasteiger partial charge in [-0.15, -0.1) is 11.3 Å². The Kier molecular flexibility index (Phi) is 5.62. The first-order chi connectivity index (χ1) is 12.8. The van der Waals surface area contributed by atoms with Gasteiger partial charge in [0.1, 0.15) is 10.8 Å². The van der Waals surface area contributed by atoms with E-state index >= 15 is 0 Å². The topological polar surface area (TPSA) is 58.6 Å². The van der Waals surface area contributed by atoms with Crippen molar-refractivity contribution in [3.8, 4) is 0 Å². The fourth-order valence-electron chi connectivity index (χ4n) is 2.87. The second-order valence-electron chi connectivity index (χ2n) is 7.46. The molecule has 1 aromatic heterocycles. The summed E-state index contributed by atoms with van der Waals surface area (Å²) in [6.45, 7) is 7.86. The predicted molar refractivity (Wildman–Crippen MR) is 105 cm³/mol. The van der Waals surface area contributed by atoms with Crippen LogP contribution in [0.25, 0.3) is 0 Å². The number of Topliss-reactive ketones (excluding diaryl/α,β-unsaturated/α-hetero) is 1. The zero-order valence-electron chi connectivity index (χ0n) is 15.7. The molecule has 0 aliphatic carbocycles. The number of carbonyl (C=O) groups excluding carboxylic acids is 2. The third-order valence-corrected chi connectivity index (χ3v) is 5.21. The maximum atomic E-state index is 14.5. The Bertz CT molecular complexity index is 851. The van der Waals surface area contributed by atoms with E-state index in [2.05, 4.69) is 5.32 Å². The highest BCUT2D eigenvalue weighted by Gasteiger charge is 2.26. The molecule has 2 aromatic rings. The van der Waals surface area contributed by atoms with Gasteiger partial charge in [0.05, 0.1) is 24.5 Å². The van der Waals surface area contributed by atoms with Crippen LogP contribution in [0.1, 0.15) is 41.5 Å². The maximum Gasteiger partial charge on any atom is 0.256 e. The van der Waals surface area contributed by atoms with E-state index in [0.29, 0.717) is 42.6 Å². The van der Waals surface area contributed by atoms with Crippen molar-refractivity contribution in [2.75, 3.05) is 36.5 Å². The number of carbonyl (C=O) groups is 2. The molecule has 27 heavy (non-hydrogen) atoms. The Morgan fingerprint density at radius 1 is 1.19 bits per heavy atom. The Labute approximate surface area is 162 Å². The van der Waals surface area contributed by atoms with Gasteiger partial charge in [0, 0.05) is 24.1 Å². The van der Waals surface area contributed by atoms with Gasteiger partial charge in [-0.1, -0.05) is 20.8 Å². The van der Waals surface area contributed by atoms with Crippen LogP contribution >= 0.6 is 11.3 Å². The first-order valence-corrected chi connectivity index (χ1v) is 9.71. The normalized spacial score (nSPS) is 14.9. The van der Waals surface area contributed by atoms with E-state index < -0.39 is 17.1 Å². The van der Waals surface area contributed by atoms with Crippen LogP contribution in [0.5, 0.6) is 0 Å². The summed E-state index contributed by atoms with van der Waals surface area (Å²) in [5.74, 6) is -0.928. The van der Waals surface area contributed by atoms with Crippen LogP contribution in [0, 0.1) is 11.2 Å². The van der Waals surface area contributed by atoms with E-state index in [-0.39, 0.29) is 11.3 Å². The summed E-state index contributed by atoms with van der Waals surface area (Å²) in [6, 6.07) is 6.15. The van der Waals surface area contributed by atoms with Gasteiger partial charge in [0.15, 0.2) is 5.78 Å². The zero-order chi connectivity index (χ0) is 19.6. The van der Waals surface area contributed by atoms with Crippen LogP contribution in [0.2, 0.25) is 0 Å². The molecule has 1 N–H and O–H groups in total. The first-order valence-electron chi connectivity index (χ1n) is 8.83. The summed E-state index contributed by atoms with van der Waals surface area (Å²) in [4.78, 5) is 27.0. The lowest BCUT2D eigenvalue weighted by atomic mass is 9.87. The summed E-state index contributed by atoms with van der Waals surface area (Å²) < 4.78 is 19.8. The average Bonchev–Trinajstić information content (AvgIpc) is 3.08. The molecule has 2 heterocycles. The van der Waals surface area contributed by atoms with Crippen molar-refractivity contribution < 1.29 is 18.7 Å². The number of halogens is 1. The van der Waals surface area contributed by atoms with E-state index in [1.165, 1.54) is 17.4 Å². The summed E-state index contributed by atoms with van der Waals surface area (Å²) >= 11 is 1.28. The van der Waals surface area contributed by atoms with Gasteiger partial charge in [-0.05, 0) is 29.6 Å². The van der Waals surface area contributed by atoms with Gasteiger partial charge in [0.25, 0.3) is 5.91 Å². The lowest BCUT2D eigenvalue weighted by Gasteiger charge is -2.29. The van der Waals surface area contributed by atoms with Crippen molar-refractivity contribution in [2.45, 2.75) is 20.8 Å². The highest BCUT2D eigenvalue weighted by atomic mass is 32.1. The summed E-state index contributed by atoms with van der Waals surface area (Å²) in [5.41, 5.74) is 0.611. The zero-order valence-corrected chi connectivity index (χ0v) is 16.5. The van der Waals surface area contributed by atoms with E-state index in [4.69, 9.17) is 4.74 Å². The number of benzene rings is 1. The SMILES string of the molecule is CC(C)(C)C(=O)c1ccsc1NC(=O)c1ccc(N2CCOCC2)c(F)c1. The summed E-state index contributed by atoms with van der Waals surface area (Å²) in [5, 5.41) is 4.99. The molecule has 1 fully saturated rings. The summed E-state index contributed by atoms with van der Waals surface area (Å²) in [7, 11) is 0. The van der Waals surface area contributed by atoms with Crippen molar-refractivity contribution in [2.24, 2.45) is 5.41 Å². The van der Waals surface area contributed by atoms with Crippen LogP contribution in [0.4, 0.5) is 15.1 Å². The molecular weight excluding hydrogens is 367 g/mol. The van der Waals surface area contributed by atoms with Crippen LogP contribution < -0.4 is 10.2 Å². The van der Waals surface area contributed by atoms with E-state index in [1.807, 2.05) is 25.7 Å². The van der Waals surface area contributed by atoms with Gasteiger partial charge >= 0.3 is 0 Å². The van der Waals surface area contributed by atoms with Gasteiger partial charge in [-0.3, -0.25) is 9.59 Å². The van der Waals surface area contributed by atoms with Gasteiger partial charge in [0.2, 0.25) is 0 Å². The average molecular weight is 390 g/mol. The molecule has 0 bridgehead atoms. The fraction of sp³-hybridized carbons (Fsp3) is 0.400. The molecule has 1 aromatic carbocycles. The number of nitrogens with one attached hydrogen (secondary N) is 1. The minimum atomic E-state index is -0.549. The summed E-state index contributed by atoms with van der Waals surface area (Å²) in [6.07, 6.45) is 0. The lowest BCUT2D eigenvalue weighted by Crippen LogP contribution is -2.36. The molecule has 1 aliphatic rings. The quantitative estimate of drug-likeness (QED) is 0.795. The van der Waals surface area contributed by atoms with Crippen molar-refractivity contribution in [1.29, 1.82) is 0 Å². The number of amides is 1. The predicted octanol–water partition coefficient (Wildman–Crippen LogP) is 4.20. The van der Waals surface area contributed by atoms with Gasteiger partial charge in [-0.25, -0.2) is 4.39 Å². The molecule has 1 aliphatic heterocycles. The monoisotopic (exact) mass is 390 g/mol. The lowest BCUT2D eigenvalue weighted by molar-refractivity contribution is 0.0859. The van der Waals surface area contributed by atoms with E-state index in [1.54, 1.807) is 23.6 Å². The Morgan fingerprint density at radius 3 is 2.52 bits per heavy atom. The number of hydrogen-bond donors (Lipinski definition) is 1. The molecule has 7 heteroatoms. The van der Waals surface area contributed by atoms with Crippen LogP contribution in [0.15, 0.2) is 29.6 Å². The number of thiophene rings is 1. The third-order valence-electron chi connectivity index (χ3n) is 4.38. The molecule has 0 spiro atoms. The number of ketones is 1. The smallest absolute Gasteiger partial charge is 0.256 e. The fourth-order valence-corrected chi connectivity index (χ4v) is 3.65. The molecule has 3 rings (SSSR count). The van der Waals surface area contributed by atoms with E-state index in [9.17, 15) is 14.0 Å². The number of ether oxygens (including phenoxy) is 1. The number of nitrogens with zero attached hydrogens (tertiary/aromatic N) is 1. The largest absolute Gasteiger partial charge is 0.378 e. The number of hydrogen-bond acceptors (Lipinski definition) is 5. The van der Waals surface area contributed by atoms with Crippen LogP contribution in [-0.2, 0) is 4.74 Å². The highest BCUT2D eigenvalue weighted by Crippen LogP contribution is 2.31. The Hall–Kier alpha value is -2.25. The molecule has 0 unspecified atom stereocenters. The van der Waals surface area contributed by atoms with Crippen LogP contribution in [-0.4, -0.2) is 38.0 Å². The first kappa shape index (κ1) is 19.5. The van der Waals surface area contributed by atoms with Gasteiger partial charge < -0.3 is 15.0 Å². The molecule has 5 nitrogen and oxygen atoms in total. The number of rotatable bonds is 4. The molecule has 0 saturated carbocycles. The van der Waals surface area contributed by atoms with Crippen molar-refractivity contribution in [3.05, 3.63) is 46.6 Å². The highest BCUT2D eigenvalue weighted by molar-refractivity contribution is 7.14. The minimum absolute atomic E-state index is 0.0482. The molecule has 0 radical (unpaired) electrons.